The van der Waals surface area contributed by atoms with Gasteiger partial charge in [-0.25, -0.2) is 4.99 Å². The molecule has 1 aromatic rings. The topological polar surface area (TPSA) is 24.8 Å². The second kappa shape index (κ2) is 7.19. The largest absolute Gasteiger partial charge is 0.478 e. The Morgan fingerprint density at radius 1 is 1.27 bits per heavy atom. The van der Waals surface area contributed by atoms with Crippen molar-refractivity contribution in [3.8, 4) is 0 Å². The highest BCUT2D eigenvalue weighted by Gasteiger charge is 2.48. The van der Waals surface area contributed by atoms with Crippen LogP contribution < -0.4 is 0 Å². The van der Waals surface area contributed by atoms with Gasteiger partial charge in [-0.15, -0.1) is 0 Å². The third kappa shape index (κ3) is 3.34. The lowest BCUT2D eigenvalue weighted by Gasteiger charge is -2.43. The molecule has 2 aliphatic rings. The molecule has 3 heteroatoms. The number of likely N-dealkylation sites (N-methyl/N-ethyl adjacent to an activating group) is 1. The molecule has 26 heavy (non-hydrogen) atoms. The van der Waals surface area contributed by atoms with E-state index >= 15 is 0 Å². The van der Waals surface area contributed by atoms with Crippen molar-refractivity contribution in [2.24, 2.45) is 10.4 Å². The number of benzene rings is 1. The van der Waals surface area contributed by atoms with Gasteiger partial charge in [0.1, 0.15) is 6.61 Å². The SMILES string of the molecule is CCCCN(C)[C@H]1C=Cc2ccccc2[C@@]1(C)C1=N[C@@H](C(C)(C)C)CO1. The van der Waals surface area contributed by atoms with E-state index in [9.17, 15) is 0 Å². The van der Waals surface area contributed by atoms with Crippen LogP contribution >= 0.6 is 0 Å². The summed E-state index contributed by atoms with van der Waals surface area (Å²) in [6, 6.07) is 9.16. The lowest BCUT2D eigenvalue weighted by molar-refractivity contribution is 0.191. The summed E-state index contributed by atoms with van der Waals surface area (Å²) in [7, 11) is 2.23. The van der Waals surface area contributed by atoms with E-state index in [1.54, 1.807) is 0 Å². The highest BCUT2D eigenvalue weighted by Crippen LogP contribution is 2.42. The molecule has 0 unspecified atom stereocenters. The van der Waals surface area contributed by atoms with E-state index in [1.807, 2.05) is 0 Å². The molecule has 142 valence electrons. The quantitative estimate of drug-likeness (QED) is 0.750. The van der Waals surface area contributed by atoms with Gasteiger partial charge in [-0.05, 0) is 43.5 Å². The number of unbranched alkanes of at least 4 members (excludes halogenated alkanes) is 1. The summed E-state index contributed by atoms with van der Waals surface area (Å²) in [4.78, 5) is 7.56. The molecule has 1 heterocycles. The van der Waals surface area contributed by atoms with E-state index in [4.69, 9.17) is 9.73 Å². The fourth-order valence-electron chi connectivity index (χ4n) is 4.14. The minimum absolute atomic E-state index is 0.117. The Bertz CT molecular complexity index is 700. The van der Waals surface area contributed by atoms with E-state index in [0.29, 0.717) is 6.61 Å². The Hall–Kier alpha value is -1.61. The average molecular weight is 355 g/mol. The molecule has 0 spiro atoms. The number of aliphatic imine (C=N–C) groups is 1. The molecule has 0 aromatic heterocycles. The summed E-state index contributed by atoms with van der Waals surface area (Å²) in [6.07, 6.45) is 7.02. The number of nitrogens with zero attached hydrogens (tertiary/aromatic N) is 2. The second-order valence-corrected chi connectivity index (χ2v) is 9.05. The summed E-state index contributed by atoms with van der Waals surface area (Å²) in [6.45, 7) is 13.1. The highest BCUT2D eigenvalue weighted by atomic mass is 16.5. The first-order valence-electron chi connectivity index (χ1n) is 9.97. The molecule has 0 radical (unpaired) electrons. The lowest BCUT2D eigenvalue weighted by atomic mass is 9.70. The third-order valence-electron chi connectivity index (χ3n) is 6.00. The van der Waals surface area contributed by atoms with Crippen LogP contribution in [0.15, 0.2) is 35.3 Å². The first-order chi connectivity index (χ1) is 12.3. The van der Waals surface area contributed by atoms with Crippen LogP contribution in [0.1, 0.15) is 58.6 Å². The van der Waals surface area contributed by atoms with Crippen molar-refractivity contribution in [1.82, 2.24) is 4.90 Å². The molecule has 3 nitrogen and oxygen atoms in total. The summed E-state index contributed by atoms with van der Waals surface area (Å²) in [5.74, 6) is 0.905. The predicted molar refractivity (Wildman–Crippen MR) is 111 cm³/mol. The zero-order valence-corrected chi connectivity index (χ0v) is 17.2. The first kappa shape index (κ1) is 19.2. The minimum Gasteiger partial charge on any atom is -0.478 e. The minimum atomic E-state index is -0.256. The maximum Gasteiger partial charge on any atom is 0.196 e. The molecule has 0 saturated heterocycles. The molecule has 0 N–H and O–H groups in total. The van der Waals surface area contributed by atoms with Crippen LogP contribution in [0.5, 0.6) is 0 Å². The van der Waals surface area contributed by atoms with Crippen LogP contribution in [-0.2, 0) is 10.2 Å². The van der Waals surface area contributed by atoms with Crippen LogP contribution in [0.25, 0.3) is 6.08 Å². The molecular weight excluding hydrogens is 320 g/mol. The van der Waals surface area contributed by atoms with Gasteiger partial charge in [0.05, 0.1) is 11.5 Å². The van der Waals surface area contributed by atoms with Crippen LogP contribution in [0.2, 0.25) is 0 Å². The third-order valence-corrected chi connectivity index (χ3v) is 6.00. The molecule has 1 aliphatic carbocycles. The average Bonchev–Trinajstić information content (AvgIpc) is 3.11. The Balaban J connectivity index is 2.04. The molecule has 3 rings (SSSR count). The van der Waals surface area contributed by atoms with Crippen molar-refractivity contribution < 1.29 is 4.74 Å². The van der Waals surface area contributed by atoms with Gasteiger partial charge in [0, 0.05) is 6.04 Å². The Morgan fingerprint density at radius 2 is 2.00 bits per heavy atom. The Kier molecular flexibility index (Phi) is 5.30. The zero-order chi connectivity index (χ0) is 18.9. The lowest BCUT2D eigenvalue weighted by Crippen LogP contribution is -2.53. The molecular formula is C23H34N2O. The molecule has 1 aliphatic heterocycles. The summed E-state index contributed by atoms with van der Waals surface area (Å²) in [5, 5.41) is 0. The predicted octanol–water partition coefficient (Wildman–Crippen LogP) is 4.92. The van der Waals surface area contributed by atoms with Gasteiger partial charge < -0.3 is 4.74 Å². The fraction of sp³-hybridized carbons (Fsp3) is 0.609. The van der Waals surface area contributed by atoms with Crippen LogP contribution in [0.4, 0.5) is 0 Å². The summed E-state index contributed by atoms with van der Waals surface area (Å²) < 4.78 is 6.27. The van der Waals surface area contributed by atoms with E-state index in [2.05, 4.69) is 83.0 Å². The summed E-state index contributed by atoms with van der Waals surface area (Å²) in [5.41, 5.74) is 2.46. The van der Waals surface area contributed by atoms with Gasteiger partial charge in [0.15, 0.2) is 5.90 Å². The van der Waals surface area contributed by atoms with Gasteiger partial charge in [0.2, 0.25) is 0 Å². The van der Waals surface area contributed by atoms with Crippen molar-refractivity contribution in [2.45, 2.75) is 65.0 Å². The number of ether oxygens (including phenoxy) is 1. The molecule has 0 amide bonds. The van der Waals surface area contributed by atoms with Crippen LogP contribution in [0, 0.1) is 5.41 Å². The molecule has 1 aromatic carbocycles. The standard InChI is InChI=1S/C23H34N2O/c1-7-8-15-25(6)20-14-13-17-11-9-10-12-18(17)23(20,5)21-24-19(16-26-21)22(2,3)4/h9-14,19-20H,7-8,15-16H2,1-6H3/t19-,20+,23-/m1/s1. The smallest absolute Gasteiger partial charge is 0.196 e. The molecule has 3 atom stereocenters. The van der Waals surface area contributed by atoms with Crippen LogP contribution in [0.3, 0.4) is 0 Å². The van der Waals surface area contributed by atoms with Gasteiger partial charge in [-0.1, -0.05) is 70.5 Å². The van der Waals surface area contributed by atoms with Crippen molar-refractivity contribution in [2.75, 3.05) is 20.2 Å². The van der Waals surface area contributed by atoms with E-state index in [1.165, 1.54) is 24.0 Å². The highest BCUT2D eigenvalue weighted by molar-refractivity contribution is 5.93. The fourth-order valence-corrected chi connectivity index (χ4v) is 4.14. The Morgan fingerprint density at radius 3 is 2.65 bits per heavy atom. The van der Waals surface area contributed by atoms with Crippen molar-refractivity contribution in [3.63, 3.8) is 0 Å². The van der Waals surface area contributed by atoms with E-state index in [-0.39, 0.29) is 22.9 Å². The summed E-state index contributed by atoms with van der Waals surface area (Å²) >= 11 is 0. The van der Waals surface area contributed by atoms with Gasteiger partial charge >= 0.3 is 0 Å². The monoisotopic (exact) mass is 354 g/mol. The second-order valence-electron chi connectivity index (χ2n) is 9.05. The van der Waals surface area contributed by atoms with Crippen molar-refractivity contribution in [3.05, 3.63) is 41.5 Å². The maximum absolute atomic E-state index is 6.27. The number of hydrogen-bond acceptors (Lipinski definition) is 3. The van der Waals surface area contributed by atoms with Gasteiger partial charge in [-0.2, -0.15) is 0 Å². The molecule has 0 bridgehead atoms. The normalized spacial score (nSPS) is 28.0. The Labute approximate surface area is 159 Å². The van der Waals surface area contributed by atoms with Gasteiger partial charge in [-0.3, -0.25) is 4.90 Å². The van der Waals surface area contributed by atoms with E-state index < -0.39 is 0 Å². The van der Waals surface area contributed by atoms with Crippen LogP contribution in [-0.4, -0.2) is 43.1 Å². The number of fused-ring (bicyclic) bond motifs is 1. The first-order valence-corrected chi connectivity index (χ1v) is 9.97. The molecule has 0 fully saturated rings. The van der Waals surface area contributed by atoms with Crippen molar-refractivity contribution >= 4 is 12.0 Å². The molecule has 0 saturated carbocycles. The van der Waals surface area contributed by atoms with E-state index in [0.717, 1.165) is 12.4 Å². The van der Waals surface area contributed by atoms with Gasteiger partial charge in [0.25, 0.3) is 0 Å². The number of rotatable bonds is 5. The number of hydrogen-bond donors (Lipinski definition) is 0. The zero-order valence-electron chi connectivity index (χ0n) is 17.2. The van der Waals surface area contributed by atoms with Crippen molar-refractivity contribution in [1.29, 1.82) is 0 Å². The maximum atomic E-state index is 6.27.